The van der Waals surface area contributed by atoms with E-state index >= 15 is 0 Å². The van der Waals surface area contributed by atoms with Crippen LogP contribution < -0.4 is 5.32 Å². The Labute approximate surface area is 89.9 Å². The molecule has 0 radical (unpaired) electrons. The van der Waals surface area contributed by atoms with Crippen LogP contribution in [-0.2, 0) is 6.42 Å². The normalized spacial score (nSPS) is 10.4. The van der Waals surface area contributed by atoms with Crippen LogP contribution in [0.25, 0.3) is 0 Å². The van der Waals surface area contributed by atoms with E-state index in [0.717, 1.165) is 31.6 Å². The molecule has 78 valence electrons. The molecule has 0 aliphatic rings. The molecule has 0 aliphatic carbocycles. The summed E-state index contributed by atoms with van der Waals surface area (Å²) in [4.78, 5) is 8.15. The third kappa shape index (κ3) is 4.53. The highest BCUT2D eigenvalue weighted by Crippen LogP contribution is 2.03. The van der Waals surface area contributed by atoms with Gasteiger partial charge >= 0.3 is 0 Å². The first-order chi connectivity index (χ1) is 6.83. The first-order valence-electron chi connectivity index (χ1n) is 5.00. The van der Waals surface area contributed by atoms with E-state index in [1.807, 2.05) is 0 Å². The highest BCUT2D eigenvalue weighted by Gasteiger charge is 1.96. The van der Waals surface area contributed by atoms with E-state index in [0.29, 0.717) is 5.15 Å². The number of aryl methyl sites for hydroxylation is 1. The van der Waals surface area contributed by atoms with Crippen molar-refractivity contribution in [3.63, 3.8) is 0 Å². The van der Waals surface area contributed by atoms with Crippen molar-refractivity contribution in [1.29, 1.82) is 0 Å². The highest BCUT2D eigenvalue weighted by atomic mass is 35.5. The number of aromatic nitrogens is 2. The Morgan fingerprint density at radius 3 is 2.93 bits per heavy atom. The SMILES string of the molecule is CCCNCCCc1cncc(Cl)n1. The van der Waals surface area contributed by atoms with Gasteiger partial charge in [0.2, 0.25) is 0 Å². The molecule has 1 N–H and O–H groups in total. The number of nitrogens with zero attached hydrogens (tertiary/aromatic N) is 2. The molecule has 0 fully saturated rings. The number of nitrogens with one attached hydrogen (secondary N) is 1. The maximum absolute atomic E-state index is 5.72. The molecule has 14 heavy (non-hydrogen) atoms. The summed E-state index contributed by atoms with van der Waals surface area (Å²) in [5, 5.41) is 3.81. The molecule has 0 aromatic carbocycles. The lowest BCUT2D eigenvalue weighted by Gasteiger charge is -2.02. The van der Waals surface area contributed by atoms with Crippen molar-refractivity contribution in [2.75, 3.05) is 13.1 Å². The van der Waals surface area contributed by atoms with Gasteiger partial charge in [0.05, 0.1) is 11.9 Å². The summed E-state index contributed by atoms with van der Waals surface area (Å²) in [7, 11) is 0. The molecule has 1 aromatic heterocycles. The lowest BCUT2D eigenvalue weighted by molar-refractivity contribution is 0.635. The van der Waals surface area contributed by atoms with Gasteiger partial charge in [0.25, 0.3) is 0 Å². The molecule has 0 unspecified atom stereocenters. The Morgan fingerprint density at radius 2 is 2.21 bits per heavy atom. The van der Waals surface area contributed by atoms with Crippen LogP contribution in [-0.4, -0.2) is 23.1 Å². The summed E-state index contributed by atoms with van der Waals surface area (Å²) < 4.78 is 0. The maximum Gasteiger partial charge on any atom is 0.147 e. The van der Waals surface area contributed by atoms with Crippen LogP contribution >= 0.6 is 11.6 Å². The van der Waals surface area contributed by atoms with E-state index in [2.05, 4.69) is 22.2 Å². The van der Waals surface area contributed by atoms with Crippen LogP contribution in [0.5, 0.6) is 0 Å². The predicted octanol–water partition coefficient (Wildman–Crippen LogP) is 2.06. The molecule has 0 aliphatic heterocycles. The van der Waals surface area contributed by atoms with Crippen molar-refractivity contribution in [2.24, 2.45) is 0 Å². The van der Waals surface area contributed by atoms with Gasteiger partial charge in [-0.25, -0.2) is 4.98 Å². The summed E-state index contributed by atoms with van der Waals surface area (Å²) in [5.41, 5.74) is 0.968. The topological polar surface area (TPSA) is 37.8 Å². The van der Waals surface area contributed by atoms with Gasteiger partial charge in [-0.3, -0.25) is 4.98 Å². The molecule has 0 saturated carbocycles. The molecule has 0 saturated heterocycles. The van der Waals surface area contributed by atoms with E-state index in [1.54, 1.807) is 12.4 Å². The fourth-order valence-electron chi connectivity index (χ4n) is 1.20. The molecular weight excluding hydrogens is 198 g/mol. The Hall–Kier alpha value is -0.670. The summed E-state index contributed by atoms with van der Waals surface area (Å²) in [6.45, 7) is 4.28. The smallest absolute Gasteiger partial charge is 0.147 e. The molecule has 0 spiro atoms. The molecule has 4 heteroatoms. The van der Waals surface area contributed by atoms with Crippen molar-refractivity contribution in [3.8, 4) is 0 Å². The lowest BCUT2D eigenvalue weighted by atomic mass is 10.2. The first-order valence-corrected chi connectivity index (χ1v) is 5.38. The average Bonchev–Trinajstić information content (AvgIpc) is 2.18. The van der Waals surface area contributed by atoms with E-state index in [1.165, 1.54) is 6.42 Å². The van der Waals surface area contributed by atoms with Gasteiger partial charge in [-0.2, -0.15) is 0 Å². The Bertz CT molecular complexity index is 265. The second-order valence-electron chi connectivity index (χ2n) is 3.19. The number of rotatable bonds is 6. The van der Waals surface area contributed by atoms with E-state index in [-0.39, 0.29) is 0 Å². The zero-order valence-corrected chi connectivity index (χ0v) is 9.22. The molecule has 3 nitrogen and oxygen atoms in total. The van der Waals surface area contributed by atoms with Crippen LogP contribution in [0.2, 0.25) is 5.15 Å². The zero-order valence-electron chi connectivity index (χ0n) is 8.46. The third-order valence-electron chi connectivity index (χ3n) is 1.87. The summed E-state index contributed by atoms with van der Waals surface area (Å²) >= 11 is 5.72. The maximum atomic E-state index is 5.72. The Kier molecular flexibility index (Phi) is 5.49. The monoisotopic (exact) mass is 213 g/mol. The summed E-state index contributed by atoms with van der Waals surface area (Å²) in [5.74, 6) is 0. The van der Waals surface area contributed by atoms with Gasteiger partial charge < -0.3 is 5.32 Å². The van der Waals surface area contributed by atoms with Crippen LogP contribution in [0.15, 0.2) is 12.4 Å². The predicted molar refractivity (Wildman–Crippen MR) is 58.5 cm³/mol. The third-order valence-corrected chi connectivity index (χ3v) is 2.05. The Morgan fingerprint density at radius 1 is 1.36 bits per heavy atom. The minimum Gasteiger partial charge on any atom is -0.317 e. The largest absolute Gasteiger partial charge is 0.317 e. The summed E-state index contributed by atoms with van der Waals surface area (Å²) in [6, 6.07) is 0. The van der Waals surface area contributed by atoms with Crippen molar-refractivity contribution >= 4 is 11.6 Å². The molecule has 0 amide bonds. The van der Waals surface area contributed by atoms with Crippen LogP contribution in [0.4, 0.5) is 0 Å². The number of hydrogen-bond donors (Lipinski definition) is 1. The molecule has 0 bridgehead atoms. The molecule has 1 rings (SSSR count). The molecule has 1 aromatic rings. The standard InChI is InChI=1S/C10H16ClN3/c1-2-5-12-6-3-4-9-7-13-8-10(11)14-9/h7-8,12H,2-6H2,1H3. The average molecular weight is 214 g/mol. The molecular formula is C10H16ClN3. The highest BCUT2D eigenvalue weighted by molar-refractivity contribution is 6.29. The van der Waals surface area contributed by atoms with Gasteiger partial charge in [0.15, 0.2) is 0 Å². The lowest BCUT2D eigenvalue weighted by Crippen LogP contribution is -2.16. The van der Waals surface area contributed by atoms with E-state index in [9.17, 15) is 0 Å². The van der Waals surface area contributed by atoms with Gasteiger partial charge in [-0.1, -0.05) is 18.5 Å². The summed E-state index contributed by atoms with van der Waals surface area (Å²) in [6.07, 6.45) is 6.52. The van der Waals surface area contributed by atoms with Gasteiger partial charge in [0, 0.05) is 6.20 Å². The minimum atomic E-state index is 0.476. The van der Waals surface area contributed by atoms with E-state index in [4.69, 9.17) is 11.6 Å². The fourth-order valence-corrected chi connectivity index (χ4v) is 1.36. The fraction of sp³-hybridized carbons (Fsp3) is 0.600. The number of halogens is 1. The quantitative estimate of drug-likeness (QED) is 0.736. The second kappa shape index (κ2) is 6.74. The van der Waals surface area contributed by atoms with Crippen LogP contribution in [0.1, 0.15) is 25.5 Å². The zero-order chi connectivity index (χ0) is 10.2. The van der Waals surface area contributed by atoms with Gasteiger partial charge in [-0.15, -0.1) is 0 Å². The molecule has 0 atom stereocenters. The van der Waals surface area contributed by atoms with Crippen LogP contribution in [0.3, 0.4) is 0 Å². The minimum absolute atomic E-state index is 0.476. The van der Waals surface area contributed by atoms with Crippen molar-refractivity contribution in [2.45, 2.75) is 26.2 Å². The Balaban J connectivity index is 2.18. The number of hydrogen-bond acceptors (Lipinski definition) is 3. The second-order valence-corrected chi connectivity index (χ2v) is 3.57. The van der Waals surface area contributed by atoms with E-state index < -0.39 is 0 Å². The van der Waals surface area contributed by atoms with Crippen molar-refractivity contribution < 1.29 is 0 Å². The molecule has 1 heterocycles. The van der Waals surface area contributed by atoms with Gasteiger partial charge in [0.1, 0.15) is 5.15 Å². The van der Waals surface area contributed by atoms with Crippen molar-refractivity contribution in [3.05, 3.63) is 23.2 Å². The van der Waals surface area contributed by atoms with Crippen molar-refractivity contribution in [1.82, 2.24) is 15.3 Å². The van der Waals surface area contributed by atoms with Crippen LogP contribution in [0, 0.1) is 0 Å². The van der Waals surface area contributed by atoms with Gasteiger partial charge in [-0.05, 0) is 32.4 Å². The first kappa shape index (κ1) is 11.4.